The minimum Gasteiger partial charge on any atom is -0.542 e. The number of ether oxygens (including phenoxy) is 4. The number of nitrogens with one attached hydrogen (secondary N) is 3. The normalized spacial score (nSPS) is 12.0. The maximum Gasteiger partial charge on any atom is 0.373 e. The first-order valence-electron chi connectivity index (χ1n) is 19.2. The lowest BCUT2D eigenvalue weighted by molar-refractivity contribution is -0.193. The van der Waals surface area contributed by atoms with Gasteiger partial charge in [-0.3, -0.25) is 14.4 Å². The van der Waals surface area contributed by atoms with Gasteiger partial charge in [0.05, 0.1) is 58.4 Å². The second kappa shape index (κ2) is 30.9. The van der Waals surface area contributed by atoms with Crippen molar-refractivity contribution < 1.29 is 56.9 Å². The number of anilines is 1. The van der Waals surface area contributed by atoms with Gasteiger partial charge in [-0.05, 0) is 72.8 Å². The van der Waals surface area contributed by atoms with Gasteiger partial charge in [0, 0.05) is 31.5 Å². The first-order valence-corrected chi connectivity index (χ1v) is 22.1. The van der Waals surface area contributed by atoms with Crippen molar-refractivity contribution in [2.45, 2.75) is 99.7 Å². The summed E-state index contributed by atoms with van der Waals surface area (Å²) in [6.45, 7) is 27.9. The summed E-state index contributed by atoms with van der Waals surface area (Å²) in [5, 5.41) is 8.23. The van der Waals surface area contributed by atoms with Gasteiger partial charge in [0.15, 0.2) is 0 Å². The number of benzene rings is 1. The standard InChI is InChI=1S/C39H67N3O8Si.2CO2/c1-12-46-23-24-48-21-18-40-35(43)15-16-36(44)41-19-22-49-26-25-47-20-17-37(45)42-33-29-32(28-30(2)27-31(3)38(4,5)6)13-14-34(33)50-51(10,11)39(7,8)9;2*2-1-3/h13-14,29-31H,12,17-28H2,1-11H3,(H,40,43)(H,41,44)(H,42,45);;/t30-,31?;;/m1../s1. The molecule has 16 heteroatoms. The highest BCUT2D eigenvalue weighted by Gasteiger charge is 2.39. The first kappa shape index (κ1) is 54.9. The molecular weight excluding hydrogens is 755 g/mol. The van der Waals surface area contributed by atoms with E-state index >= 15 is 0 Å². The fourth-order valence-corrected chi connectivity index (χ4v) is 5.53. The molecule has 0 aromatic heterocycles. The molecule has 0 aliphatic rings. The van der Waals surface area contributed by atoms with Crippen LogP contribution in [0.2, 0.25) is 18.1 Å². The van der Waals surface area contributed by atoms with E-state index in [4.69, 9.17) is 42.6 Å². The molecular formula is C41H67N3O12Si. The Bertz CT molecular complexity index is 1440. The Morgan fingerprint density at radius 2 is 1.21 bits per heavy atom. The third-order valence-corrected chi connectivity index (χ3v) is 13.4. The molecule has 0 bridgehead atoms. The lowest BCUT2D eigenvalue weighted by atomic mass is 9.76. The second-order valence-electron chi connectivity index (χ2n) is 15.8. The van der Waals surface area contributed by atoms with Gasteiger partial charge in [0.1, 0.15) is 5.75 Å². The van der Waals surface area contributed by atoms with E-state index in [1.807, 2.05) is 13.0 Å². The molecule has 0 saturated heterocycles. The molecule has 15 nitrogen and oxygen atoms in total. The van der Waals surface area contributed by atoms with Gasteiger partial charge < -0.3 is 39.3 Å². The zero-order chi connectivity index (χ0) is 43.9. The lowest BCUT2D eigenvalue weighted by Gasteiger charge is -2.37. The average Bonchev–Trinajstić information content (AvgIpc) is 3.10. The molecule has 3 amide bonds. The molecule has 2 atom stereocenters. The first-order chi connectivity index (χ1) is 26.7. The van der Waals surface area contributed by atoms with E-state index in [-0.39, 0.29) is 54.8 Å². The molecule has 0 aliphatic heterocycles. The number of amides is 3. The van der Waals surface area contributed by atoms with E-state index in [1.54, 1.807) is 0 Å². The molecule has 0 heterocycles. The summed E-state index contributed by atoms with van der Waals surface area (Å²) < 4.78 is 28.2. The maximum absolute atomic E-state index is 13.0. The highest BCUT2D eigenvalue weighted by atomic mass is 28.4. The van der Waals surface area contributed by atoms with Crippen LogP contribution in [0.15, 0.2) is 18.2 Å². The SMILES string of the molecule is CCOCCOCCNC(=O)C#CC(=O)NCCOCCOCCC(=O)Nc1cc(C[C@H](C)CC(C)C(C)(C)C)ccc1O[Si](C)(C)C(C)(C)C.O=C=O.O=C=O. The summed E-state index contributed by atoms with van der Waals surface area (Å²) >= 11 is 0. The Kier molecular flexibility index (Phi) is 29.7. The van der Waals surface area contributed by atoms with Gasteiger partial charge >= 0.3 is 12.3 Å². The lowest BCUT2D eigenvalue weighted by Crippen LogP contribution is -2.44. The van der Waals surface area contributed by atoms with Gasteiger partial charge in [0.2, 0.25) is 5.91 Å². The molecule has 0 aliphatic carbocycles. The van der Waals surface area contributed by atoms with Gasteiger partial charge in [-0.2, -0.15) is 19.2 Å². The number of carbonyl (C=O) groups is 3. The van der Waals surface area contributed by atoms with Crippen molar-refractivity contribution in [1.82, 2.24) is 10.6 Å². The molecule has 1 aromatic carbocycles. The fourth-order valence-electron chi connectivity index (χ4n) is 4.50. The van der Waals surface area contributed by atoms with E-state index in [1.165, 1.54) is 5.56 Å². The summed E-state index contributed by atoms with van der Waals surface area (Å²) in [6, 6.07) is 6.20. The van der Waals surface area contributed by atoms with Crippen LogP contribution in [0.25, 0.3) is 0 Å². The van der Waals surface area contributed by atoms with Crippen LogP contribution in [0.5, 0.6) is 5.75 Å². The van der Waals surface area contributed by atoms with Gasteiger partial charge in [-0.15, -0.1) is 0 Å². The highest BCUT2D eigenvalue weighted by Crippen LogP contribution is 2.40. The molecule has 1 unspecified atom stereocenters. The Hall–Kier alpha value is -4.19. The summed E-state index contributed by atoms with van der Waals surface area (Å²) in [5.41, 5.74) is 2.14. The molecule has 0 saturated carbocycles. The number of hydrogen-bond donors (Lipinski definition) is 3. The van der Waals surface area contributed by atoms with Crippen molar-refractivity contribution in [3.8, 4) is 17.6 Å². The van der Waals surface area contributed by atoms with E-state index in [0.717, 1.165) is 12.8 Å². The largest absolute Gasteiger partial charge is 0.542 e. The topological polar surface area (TPSA) is 202 Å². The van der Waals surface area contributed by atoms with Crippen molar-refractivity contribution in [2.75, 3.05) is 71.3 Å². The van der Waals surface area contributed by atoms with E-state index in [0.29, 0.717) is 69.5 Å². The smallest absolute Gasteiger partial charge is 0.373 e. The average molecular weight is 822 g/mol. The van der Waals surface area contributed by atoms with Crippen LogP contribution < -0.4 is 20.4 Å². The van der Waals surface area contributed by atoms with Crippen molar-refractivity contribution in [3.63, 3.8) is 0 Å². The molecule has 322 valence electrons. The van der Waals surface area contributed by atoms with Crippen molar-refractivity contribution in [1.29, 1.82) is 0 Å². The predicted molar refractivity (Wildman–Crippen MR) is 216 cm³/mol. The van der Waals surface area contributed by atoms with E-state index in [9.17, 15) is 14.4 Å². The number of carbonyl (C=O) groups excluding carboxylic acids is 7. The summed E-state index contributed by atoms with van der Waals surface area (Å²) in [6.07, 6.45) is 2.74. The molecule has 0 radical (unpaired) electrons. The zero-order valence-corrected chi connectivity index (χ0v) is 37.0. The van der Waals surface area contributed by atoms with Crippen LogP contribution >= 0.6 is 0 Å². The third-order valence-electron chi connectivity index (χ3n) is 9.08. The maximum atomic E-state index is 13.0. The quantitative estimate of drug-likeness (QED) is 0.0775. The molecule has 1 rings (SSSR count). The Labute approximate surface area is 340 Å². The molecule has 3 N–H and O–H groups in total. The monoisotopic (exact) mass is 821 g/mol. The zero-order valence-electron chi connectivity index (χ0n) is 36.0. The predicted octanol–water partition coefficient (Wildman–Crippen LogP) is 4.81. The molecule has 57 heavy (non-hydrogen) atoms. The number of hydrogen-bond acceptors (Lipinski definition) is 12. The fraction of sp³-hybridized carbons (Fsp3) is 0.683. The van der Waals surface area contributed by atoms with Crippen LogP contribution in [0.4, 0.5) is 5.69 Å². The molecule has 0 fully saturated rings. The van der Waals surface area contributed by atoms with Crippen molar-refractivity contribution >= 4 is 44.0 Å². The molecule has 0 spiro atoms. The summed E-state index contributed by atoms with van der Waals surface area (Å²) in [5.74, 6) is 5.02. The van der Waals surface area contributed by atoms with Crippen LogP contribution in [0.1, 0.15) is 80.7 Å². The summed E-state index contributed by atoms with van der Waals surface area (Å²) in [4.78, 5) is 69.0. The third kappa shape index (κ3) is 28.8. The van der Waals surface area contributed by atoms with Gasteiger partial charge in [0.25, 0.3) is 20.1 Å². The molecule has 1 aromatic rings. The van der Waals surface area contributed by atoms with Crippen LogP contribution in [0, 0.1) is 29.1 Å². The Morgan fingerprint density at radius 1 is 0.737 bits per heavy atom. The van der Waals surface area contributed by atoms with Gasteiger partial charge in [-0.1, -0.05) is 61.5 Å². The number of rotatable bonds is 23. The highest BCUT2D eigenvalue weighted by molar-refractivity contribution is 6.74. The van der Waals surface area contributed by atoms with Crippen LogP contribution in [-0.4, -0.2) is 104 Å². The minimum absolute atomic E-state index is 0.0124. The Balaban J connectivity index is 0. The minimum atomic E-state index is -2.14. The van der Waals surface area contributed by atoms with Crippen LogP contribution in [0.3, 0.4) is 0 Å². The Morgan fingerprint density at radius 3 is 1.67 bits per heavy atom. The van der Waals surface area contributed by atoms with Gasteiger partial charge in [-0.25, -0.2) is 0 Å². The van der Waals surface area contributed by atoms with Crippen molar-refractivity contribution in [3.05, 3.63) is 23.8 Å². The summed E-state index contributed by atoms with van der Waals surface area (Å²) in [7, 11) is -2.14. The second-order valence-corrected chi connectivity index (χ2v) is 20.5. The van der Waals surface area contributed by atoms with Crippen LogP contribution in [-0.2, 0) is 58.9 Å². The van der Waals surface area contributed by atoms with E-state index < -0.39 is 20.1 Å². The van der Waals surface area contributed by atoms with Crippen molar-refractivity contribution in [2.24, 2.45) is 17.3 Å². The van der Waals surface area contributed by atoms with E-state index in [2.05, 4.69) is 108 Å².